The van der Waals surface area contributed by atoms with Crippen molar-refractivity contribution in [2.45, 2.75) is 45.1 Å². The first-order chi connectivity index (χ1) is 14.1. The number of rotatable bonds is 10. The number of nitrogens with one attached hydrogen (secondary N) is 2. The van der Waals surface area contributed by atoms with Crippen LogP contribution < -0.4 is 24.8 Å². The summed E-state index contributed by atoms with van der Waals surface area (Å²) in [5.74, 6) is 2.84. The van der Waals surface area contributed by atoms with Gasteiger partial charge in [-0.05, 0) is 45.2 Å². The summed E-state index contributed by atoms with van der Waals surface area (Å²) in [6.45, 7) is 6.39. The minimum atomic E-state index is 0.627. The average molecular weight is 407 g/mol. The highest BCUT2D eigenvalue weighted by atomic mass is 16.5. The Morgan fingerprint density at radius 1 is 1.07 bits per heavy atom. The van der Waals surface area contributed by atoms with E-state index in [2.05, 4.69) is 27.4 Å². The van der Waals surface area contributed by atoms with Gasteiger partial charge in [0.25, 0.3) is 0 Å². The normalized spacial score (nSPS) is 17.7. The predicted molar refractivity (Wildman–Crippen MR) is 119 cm³/mol. The van der Waals surface area contributed by atoms with Crippen molar-refractivity contribution in [1.29, 1.82) is 0 Å². The predicted octanol–water partition coefficient (Wildman–Crippen LogP) is 2.68. The molecule has 1 fully saturated rings. The van der Waals surface area contributed by atoms with Crippen LogP contribution in [0.15, 0.2) is 17.1 Å². The van der Waals surface area contributed by atoms with Crippen molar-refractivity contribution in [3.8, 4) is 17.2 Å². The fraction of sp³-hybridized carbons (Fsp3) is 0.682. The maximum Gasteiger partial charge on any atom is 0.203 e. The molecule has 0 aromatic heterocycles. The lowest BCUT2D eigenvalue weighted by atomic mass is 10.0. The Balaban J connectivity index is 1.77. The molecule has 1 atom stereocenters. The Morgan fingerprint density at radius 3 is 2.48 bits per heavy atom. The van der Waals surface area contributed by atoms with Crippen LogP contribution in [0.1, 0.15) is 38.2 Å². The van der Waals surface area contributed by atoms with Gasteiger partial charge in [-0.25, -0.2) is 0 Å². The van der Waals surface area contributed by atoms with Gasteiger partial charge in [0, 0.05) is 38.3 Å². The van der Waals surface area contributed by atoms with Gasteiger partial charge in [-0.3, -0.25) is 4.99 Å². The second-order valence-corrected chi connectivity index (χ2v) is 7.40. The van der Waals surface area contributed by atoms with Crippen molar-refractivity contribution in [2.24, 2.45) is 4.99 Å². The summed E-state index contributed by atoms with van der Waals surface area (Å²) in [4.78, 5) is 6.93. The van der Waals surface area contributed by atoms with Crippen LogP contribution in [-0.4, -0.2) is 71.5 Å². The molecule has 7 nitrogen and oxygen atoms in total. The summed E-state index contributed by atoms with van der Waals surface area (Å²) in [6, 6.07) is 4.64. The van der Waals surface area contributed by atoms with E-state index < -0.39 is 0 Å². The molecule has 0 saturated carbocycles. The van der Waals surface area contributed by atoms with E-state index in [-0.39, 0.29) is 0 Å². The second kappa shape index (κ2) is 12.4. The lowest BCUT2D eigenvalue weighted by molar-refractivity contribution is 0.159. The van der Waals surface area contributed by atoms with E-state index in [9.17, 15) is 0 Å². The fourth-order valence-electron chi connectivity index (χ4n) is 3.87. The molecular formula is C22H38N4O3. The average Bonchev–Trinajstić information content (AvgIpc) is 2.75. The van der Waals surface area contributed by atoms with Gasteiger partial charge in [0.1, 0.15) is 0 Å². The Kier molecular flexibility index (Phi) is 9.91. The molecule has 1 heterocycles. The minimum absolute atomic E-state index is 0.627. The van der Waals surface area contributed by atoms with Gasteiger partial charge in [-0.1, -0.05) is 12.5 Å². The third kappa shape index (κ3) is 6.70. The summed E-state index contributed by atoms with van der Waals surface area (Å²) in [5, 5.41) is 6.80. The molecule has 1 saturated heterocycles. The number of guanidine groups is 1. The zero-order valence-electron chi connectivity index (χ0n) is 18.7. The molecule has 1 aromatic carbocycles. The molecule has 1 aliphatic heterocycles. The summed E-state index contributed by atoms with van der Waals surface area (Å²) < 4.78 is 16.4. The van der Waals surface area contributed by atoms with E-state index in [1.165, 1.54) is 25.8 Å². The smallest absolute Gasteiger partial charge is 0.203 e. The van der Waals surface area contributed by atoms with E-state index in [4.69, 9.17) is 14.2 Å². The molecule has 164 valence electrons. The molecule has 29 heavy (non-hydrogen) atoms. The van der Waals surface area contributed by atoms with E-state index in [1.807, 2.05) is 12.1 Å². The summed E-state index contributed by atoms with van der Waals surface area (Å²) in [7, 11) is 6.70. The van der Waals surface area contributed by atoms with Crippen LogP contribution >= 0.6 is 0 Å². The van der Waals surface area contributed by atoms with Crippen molar-refractivity contribution >= 4 is 5.96 Å². The first-order valence-corrected chi connectivity index (χ1v) is 10.6. The van der Waals surface area contributed by atoms with Crippen molar-refractivity contribution in [3.05, 3.63) is 17.7 Å². The number of hydrogen-bond donors (Lipinski definition) is 2. The van der Waals surface area contributed by atoms with Gasteiger partial charge < -0.3 is 29.7 Å². The largest absolute Gasteiger partial charge is 0.493 e. The maximum atomic E-state index is 5.56. The number of hydrogen-bond acceptors (Lipinski definition) is 5. The number of aliphatic imine (C=N–C) groups is 1. The number of ether oxygens (including phenoxy) is 3. The van der Waals surface area contributed by atoms with E-state index in [1.54, 1.807) is 28.4 Å². The standard InChI is InChI=1S/C22H38N4O3/c1-17-9-6-7-15-26(17)16-8-13-24-22(23-2)25-14-12-18-10-11-19(27-3)21(29-5)20(18)28-4/h10-11,17H,6-9,12-16H2,1-5H3,(H2,23,24,25). The SMILES string of the molecule is CN=C(NCCCN1CCCCC1C)NCCc1ccc(OC)c(OC)c1OC. The van der Waals surface area contributed by atoms with Crippen LogP contribution in [0.2, 0.25) is 0 Å². The van der Waals surface area contributed by atoms with Gasteiger partial charge >= 0.3 is 0 Å². The molecule has 0 spiro atoms. The summed E-state index contributed by atoms with van der Waals surface area (Å²) in [6.07, 6.45) is 5.94. The monoisotopic (exact) mass is 406 g/mol. The second-order valence-electron chi connectivity index (χ2n) is 7.40. The molecule has 7 heteroatoms. The quantitative estimate of drug-likeness (QED) is 0.354. The number of methoxy groups -OCH3 is 3. The van der Waals surface area contributed by atoms with Crippen LogP contribution in [0.3, 0.4) is 0 Å². The van der Waals surface area contributed by atoms with E-state index in [0.29, 0.717) is 17.2 Å². The first-order valence-electron chi connectivity index (χ1n) is 10.6. The molecule has 2 N–H and O–H groups in total. The maximum absolute atomic E-state index is 5.56. The van der Waals surface area contributed by atoms with Crippen molar-refractivity contribution in [3.63, 3.8) is 0 Å². The highest BCUT2D eigenvalue weighted by molar-refractivity contribution is 5.79. The Labute approximate surface area is 175 Å². The van der Waals surface area contributed by atoms with Crippen LogP contribution in [0, 0.1) is 0 Å². The minimum Gasteiger partial charge on any atom is -0.493 e. The molecule has 0 bridgehead atoms. The molecule has 1 unspecified atom stereocenters. The summed E-state index contributed by atoms with van der Waals surface area (Å²) >= 11 is 0. The highest BCUT2D eigenvalue weighted by Gasteiger charge is 2.17. The number of piperidine rings is 1. The highest BCUT2D eigenvalue weighted by Crippen LogP contribution is 2.39. The molecule has 2 rings (SSSR count). The Hall–Kier alpha value is -2.15. The van der Waals surface area contributed by atoms with Crippen LogP contribution in [-0.2, 0) is 6.42 Å². The molecule has 1 aromatic rings. The summed E-state index contributed by atoms with van der Waals surface area (Å²) in [5.41, 5.74) is 1.06. The van der Waals surface area contributed by atoms with Crippen LogP contribution in [0.5, 0.6) is 17.2 Å². The van der Waals surface area contributed by atoms with Crippen molar-refractivity contribution in [1.82, 2.24) is 15.5 Å². The Bertz CT molecular complexity index is 651. The topological polar surface area (TPSA) is 67.4 Å². The zero-order valence-corrected chi connectivity index (χ0v) is 18.7. The van der Waals surface area contributed by atoms with Crippen LogP contribution in [0.4, 0.5) is 0 Å². The van der Waals surface area contributed by atoms with Crippen LogP contribution in [0.25, 0.3) is 0 Å². The van der Waals surface area contributed by atoms with Crippen molar-refractivity contribution in [2.75, 3.05) is 54.6 Å². The number of nitrogens with zero attached hydrogens (tertiary/aromatic N) is 2. The molecule has 0 amide bonds. The third-order valence-corrected chi connectivity index (χ3v) is 5.55. The number of benzene rings is 1. The lowest BCUT2D eigenvalue weighted by Gasteiger charge is -2.33. The lowest BCUT2D eigenvalue weighted by Crippen LogP contribution is -2.41. The van der Waals surface area contributed by atoms with Gasteiger partial charge in [-0.15, -0.1) is 0 Å². The zero-order chi connectivity index (χ0) is 21.1. The van der Waals surface area contributed by atoms with Gasteiger partial charge in [0.05, 0.1) is 21.3 Å². The fourth-order valence-corrected chi connectivity index (χ4v) is 3.87. The van der Waals surface area contributed by atoms with E-state index >= 15 is 0 Å². The van der Waals surface area contributed by atoms with E-state index in [0.717, 1.165) is 50.0 Å². The Morgan fingerprint density at radius 2 is 1.83 bits per heavy atom. The molecule has 0 aliphatic carbocycles. The molecule has 0 radical (unpaired) electrons. The van der Waals surface area contributed by atoms with Gasteiger partial charge in [-0.2, -0.15) is 0 Å². The first kappa shape index (κ1) is 23.1. The third-order valence-electron chi connectivity index (χ3n) is 5.55. The van der Waals surface area contributed by atoms with Gasteiger partial charge in [0.2, 0.25) is 5.75 Å². The van der Waals surface area contributed by atoms with Gasteiger partial charge in [0.15, 0.2) is 17.5 Å². The molecule has 1 aliphatic rings. The van der Waals surface area contributed by atoms with Crippen molar-refractivity contribution < 1.29 is 14.2 Å². The number of likely N-dealkylation sites (tertiary alicyclic amines) is 1. The molecular weight excluding hydrogens is 368 g/mol.